The quantitative estimate of drug-likeness (QED) is 0.553. The molecule has 2 aliphatic heterocycles. The minimum Gasteiger partial charge on any atom is -0.467 e. The molecular weight excluding hydrogens is 240 g/mol. The molecule has 18 heavy (non-hydrogen) atoms. The molecule has 2 atom stereocenters. The van der Waals surface area contributed by atoms with Gasteiger partial charge in [-0.25, -0.2) is 9.59 Å². The Kier molecular flexibility index (Phi) is 2.11. The number of hydrogen-bond donors (Lipinski definition) is 1. The van der Waals surface area contributed by atoms with Gasteiger partial charge in [-0.3, -0.25) is 9.89 Å². The van der Waals surface area contributed by atoms with Crippen molar-refractivity contribution in [3.05, 3.63) is 17.5 Å². The molecule has 1 aromatic heterocycles. The highest BCUT2D eigenvalue weighted by molar-refractivity contribution is 5.87. The van der Waals surface area contributed by atoms with Crippen LogP contribution in [0, 0.1) is 0 Å². The van der Waals surface area contributed by atoms with E-state index in [1.165, 1.54) is 16.7 Å². The molecule has 3 rings (SSSR count). The molecule has 3 heterocycles. The van der Waals surface area contributed by atoms with E-state index >= 15 is 0 Å². The number of urea groups is 1. The molecule has 0 radical (unpaired) electrons. The van der Waals surface area contributed by atoms with E-state index in [1.54, 1.807) is 13.2 Å². The number of aromatic nitrogens is 2. The van der Waals surface area contributed by atoms with E-state index in [0.29, 0.717) is 16.3 Å². The molecule has 2 aliphatic rings. The predicted molar refractivity (Wildman–Crippen MR) is 56.4 cm³/mol. The largest absolute Gasteiger partial charge is 0.467 e. The molecule has 96 valence electrons. The van der Waals surface area contributed by atoms with E-state index in [0.717, 1.165) is 0 Å². The summed E-state index contributed by atoms with van der Waals surface area (Å²) in [5.41, 5.74) is 1.26. The number of amides is 2. The van der Waals surface area contributed by atoms with Gasteiger partial charge < -0.3 is 9.64 Å². The fourth-order valence-corrected chi connectivity index (χ4v) is 2.61. The number of carbonyl (C=O) groups is 2. The molecule has 1 aromatic rings. The van der Waals surface area contributed by atoms with Crippen molar-refractivity contribution < 1.29 is 19.5 Å². The SMILES string of the molecule is COC(=O)[C@@H]1c2c(cnn2C)[C@@H]2CN1C(=O)N2O. The number of esters is 1. The average molecular weight is 252 g/mol. The zero-order chi connectivity index (χ0) is 13.0. The van der Waals surface area contributed by atoms with Crippen LogP contribution in [0.5, 0.6) is 0 Å². The van der Waals surface area contributed by atoms with Crippen LogP contribution in [-0.2, 0) is 16.6 Å². The van der Waals surface area contributed by atoms with Crippen molar-refractivity contribution in [1.82, 2.24) is 19.7 Å². The van der Waals surface area contributed by atoms with Gasteiger partial charge in [-0.2, -0.15) is 10.2 Å². The maximum Gasteiger partial charge on any atom is 0.345 e. The van der Waals surface area contributed by atoms with Gasteiger partial charge in [-0.1, -0.05) is 0 Å². The summed E-state index contributed by atoms with van der Waals surface area (Å²) >= 11 is 0. The van der Waals surface area contributed by atoms with Gasteiger partial charge in [0.15, 0.2) is 6.04 Å². The number of fused-ring (bicyclic) bond motifs is 4. The molecule has 0 saturated carbocycles. The smallest absolute Gasteiger partial charge is 0.345 e. The Morgan fingerprint density at radius 1 is 1.61 bits per heavy atom. The normalized spacial score (nSPS) is 25.4. The zero-order valence-corrected chi connectivity index (χ0v) is 9.90. The minimum atomic E-state index is -0.849. The number of methoxy groups -OCH3 is 1. The van der Waals surface area contributed by atoms with Crippen LogP contribution in [-0.4, -0.2) is 50.6 Å². The second-order valence-electron chi connectivity index (χ2n) is 4.33. The number of nitrogens with zero attached hydrogens (tertiary/aromatic N) is 4. The maximum atomic E-state index is 11.9. The highest BCUT2D eigenvalue weighted by Gasteiger charge is 2.52. The summed E-state index contributed by atoms with van der Waals surface area (Å²) in [4.78, 5) is 25.0. The lowest BCUT2D eigenvalue weighted by Crippen LogP contribution is -2.39. The van der Waals surface area contributed by atoms with E-state index in [-0.39, 0.29) is 6.54 Å². The van der Waals surface area contributed by atoms with Gasteiger partial charge in [0.2, 0.25) is 0 Å². The lowest BCUT2D eigenvalue weighted by atomic mass is 9.98. The molecule has 0 aliphatic carbocycles. The van der Waals surface area contributed by atoms with Crippen LogP contribution >= 0.6 is 0 Å². The van der Waals surface area contributed by atoms with Gasteiger partial charge in [-0.15, -0.1) is 0 Å². The van der Waals surface area contributed by atoms with Crippen molar-refractivity contribution in [2.75, 3.05) is 13.7 Å². The molecule has 0 aromatic carbocycles. The summed E-state index contributed by atoms with van der Waals surface area (Å²) in [7, 11) is 2.95. The average Bonchev–Trinajstić information content (AvgIpc) is 2.86. The van der Waals surface area contributed by atoms with Gasteiger partial charge in [0, 0.05) is 12.6 Å². The maximum absolute atomic E-state index is 11.9. The number of ether oxygens (including phenoxy) is 1. The molecule has 0 spiro atoms. The Morgan fingerprint density at radius 3 is 3.00 bits per heavy atom. The Morgan fingerprint density at radius 2 is 2.33 bits per heavy atom. The van der Waals surface area contributed by atoms with Crippen LogP contribution in [0.1, 0.15) is 23.3 Å². The zero-order valence-electron chi connectivity index (χ0n) is 9.90. The molecule has 2 amide bonds. The van der Waals surface area contributed by atoms with Gasteiger partial charge in [0.25, 0.3) is 0 Å². The molecule has 1 fully saturated rings. The summed E-state index contributed by atoms with van der Waals surface area (Å²) in [5, 5.41) is 14.5. The number of rotatable bonds is 1. The van der Waals surface area contributed by atoms with E-state index in [9.17, 15) is 14.8 Å². The van der Waals surface area contributed by atoms with Crippen molar-refractivity contribution in [3.8, 4) is 0 Å². The number of aryl methyl sites for hydroxylation is 1. The third kappa shape index (κ3) is 1.15. The summed E-state index contributed by atoms with van der Waals surface area (Å²) in [5.74, 6) is -0.540. The van der Waals surface area contributed by atoms with Gasteiger partial charge in [-0.05, 0) is 0 Å². The highest BCUT2D eigenvalue weighted by Crippen LogP contribution is 2.42. The van der Waals surface area contributed by atoms with Crippen LogP contribution in [0.15, 0.2) is 6.20 Å². The Hall–Kier alpha value is -2.09. The van der Waals surface area contributed by atoms with E-state index in [4.69, 9.17) is 4.74 Å². The molecule has 8 nitrogen and oxygen atoms in total. The van der Waals surface area contributed by atoms with Crippen molar-refractivity contribution in [1.29, 1.82) is 0 Å². The highest BCUT2D eigenvalue weighted by atomic mass is 16.5. The van der Waals surface area contributed by atoms with Crippen molar-refractivity contribution >= 4 is 12.0 Å². The lowest BCUT2D eigenvalue weighted by Gasteiger charge is -2.28. The van der Waals surface area contributed by atoms with Crippen molar-refractivity contribution in [3.63, 3.8) is 0 Å². The van der Waals surface area contributed by atoms with Crippen molar-refractivity contribution in [2.24, 2.45) is 7.05 Å². The van der Waals surface area contributed by atoms with Gasteiger partial charge in [0.1, 0.15) is 6.04 Å². The van der Waals surface area contributed by atoms with Crippen LogP contribution in [0.3, 0.4) is 0 Å². The first-order chi connectivity index (χ1) is 8.56. The topological polar surface area (TPSA) is 87.9 Å². The first kappa shape index (κ1) is 11.0. The first-order valence-corrected chi connectivity index (χ1v) is 5.44. The fourth-order valence-electron chi connectivity index (χ4n) is 2.61. The summed E-state index contributed by atoms with van der Waals surface area (Å²) in [6.45, 7) is 0.258. The van der Waals surface area contributed by atoms with E-state index in [1.807, 2.05) is 0 Å². The lowest BCUT2D eigenvalue weighted by molar-refractivity contribution is -0.146. The van der Waals surface area contributed by atoms with Crippen LogP contribution < -0.4 is 0 Å². The third-order valence-electron chi connectivity index (χ3n) is 3.48. The molecule has 2 bridgehead atoms. The molecule has 8 heteroatoms. The summed E-state index contributed by atoms with van der Waals surface area (Å²) in [6.07, 6.45) is 1.56. The van der Waals surface area contributed by atoms with Gasteiger partial charge in [0.05, 0.1) is 25.5 Å². The third-order valence-corrected chi connectivity index (χ3v) is 3.48. The second-order valence-corrected chi connectivity index (χ2v) is 4.33. The first-order valence-electron chi connectivity index (χ1n) is 5.44. The van der Waals surface area contributed by atoms with E-state index < -0.39 is 24.1 Å². The predicted octanol–water partition coefficient (Wildman–Crippen LogP) is -0.184. The van der Waals surface area contributed by atoms with Crippen LogP contribution in [0.2, 0.25) is 0 Å². The van der Waals surface area contributed by atoms with Crippen molar-refractivity contribution in [2.45, 2.75) is 12.1 Å². The summed E-state index contributed by atoms with van der Waals surface area (Å²) in [6, 6.07) is -1.91. The number of hydrogen-bond acceptors (Lipinski definition) is 5. The minimum absolute atomic E-state index is 0.258. The summed E-state index contributed by atoms with van der Waals surface area (Å²) < 4.78 is 6.26. The Labute approximate surface area is 102 Å². The Bertz CT molecular complexity index is 540. The van der Waals surface area contributed by atoms with E-state index in [2.05, 4.69) is 5.10 Å². The molecule has 1 N–H and O–H groups in total. The molecular formula is C10H12N4O4. The molecule has 0 unspecified atom stereocenters. The number of hydroxylamine groups is 2. The second kappa shape index (κ2) is 3.45. The Balaban J connectivity index is 2.18. The van der Waals surface area contributed by atoms with Crippen LogP contribution in [0.4, 0.5) is 4.79 Å². The van der Waals surface area contributed by atoms with Crippen LogP contribution in [0.25, 0.3) is 0 Å². The van der Waals surface area contributed by atoms with Gasteiger partial charge >= 0.3 is 12.0 Å². The fraction of sp³-hybridized carbons (Fsp3) is 0.500. The number of carbonyl (C=O) groups excluding carboxylic acids is 2. The standard InChI is InChI=1S/C10H12N4O4/c1-12-7-5(3-11-12)6-4-13(10(16)14(6)17)8(7)9(15)18-2/h3,6,8,17H,4H2,1-2H3/t6-,8-/m0/s1. The monoisotopic (exact) mass is 252 g/mol. The molecule has 1 saturated heterocycles.